The summed E-state index contributed by atoms with van der Waals surface area (Å²) in [7, 11) is 0. The van der Waals surface area contributed by atoms with E-state index in [4.69, 9.17) is 4.98 Å². The monoisotopic (exact) mass is 288 g/mol. The van der Waals surface area contributed by atoms with Crippen LogP contribution in [0.2, 0.25) is 0 Å². The number of rotatable bonds is 5. The summed E-state index contributed by atoms with van der Waals surface area (Å²) in [5, 5.41) is 9.74. The van der Waals surface area contributed by atoms with E-state index in [-0.39, 0.29) is 6.61 Å². The maximum absolute atomic E-state index is 9.74. The van der Waals surface area contributed by atoms with Crippen LogP contribution in [0.4, 0.5) is 5.82 Å². The Hall–Kier alpha value is -1.59. The van der Waals surface area contributed by atoms with Crippen molar-refractivity contribution in [2.24, 2.45) is 0 Å². The van der Waals surface area contributed by atoms with E-state index in [1.165, 1.54) is 6.42 Å². The molecule has 1 unspecified atom stereocenters. The predicted octanol–water partition coefficient (Wildman–Crippen LogP) is 1.75. The molecular weight excluding hydrogens is 264 g/mol. The van der Waals surface area contributed by atoms with Gasteiger partial charge in [0.2, 0.25) is 0 Å². The van der Waals surface area contributed by atoms with Gasteiger partial charge < -0.3 is 10.0 Å². The van der Waals surface area contributed by atoms with Crippen molar-refractivity contribution in [1.82, 2.24) is 14.3 Å². The molecular formula is C16H24N4O. The number of anilines is 1. The molecule has 2 aromatic rings. The predicted molar refractivity (Wildman–Crippen MR) is 84.7 cm³/mol. The van der Waals surface area contributed by atoms with E-state index < -0.39 is 0 Å². The van der Waals surface area contributed by atoms with Gasteiger partial charge in [0.15, 0.2) is 5.82 Å². The minimum Gasteiger partial charge on any atom is -0.390 e. The summed E-state index contributed by atoms with van der Waals surface area (Å²) in [4.78, 5) is 9.55. The van der Waals surface area contributed by atoms with E-state index >= 15 is 0 Å². The van der Waals surface area contributed by atoms with Gasteiger partial charge in [-0.05, 0) is 31.6 Å². The van der Waals surface area contributed by atoms with Crippen LogP contribution in [0.5, 0.6) is 0 Å². The zero-order valence-corrected chi connectivity index (χ0v) is 12.9. The standard InChI is InChI=1S/C16H24N4O/c1-3-18(4-2)13-8-10-19(11-13)16-14(12-21)20-9-6-5-7-15(20)17-16/h5-7,9,13,21H,3-4,8,10-12H2,1-2H3. The van der Waals surface area contributed by atoms with E-state index in [1.807, 2.05) is 28.8 Å². The van der Waals surface area contributed by atoms with E-state index in [0.29, 0.717) is 6.04 Å². The van der Waals surface area contributed by atoms with Crippen molar-refractivity contribution >= 4 is 11.5 Å². The fraction of sp³-hybridized carbons (Fsp3) is 0.562. The number of aliphatic hydroxyl groups excluding tert-OH is 1. The molecule has 3 rings (SSSR count). The van der Waals surface area contributed by atoms with Gasteiger partial charge >= 0.3 is 0 Å². The number of aromatic nitrogens is 2. The highest BCUT2D eigenvalue weighted by atomic mass is 16.3. The normalized spacial score (nSPS) is 19.0. The molecule has 1 aliphatic heterocycles. The molecule has 1 atom stereocenters. The van der Waals surface area contributed by atoms with E-state index in [9.17, 15) is 5.11 Å². The third-order valence-electron chi connectivity index (χ3n) is 4.55. The number of nitrogens with zero attached hydrogens (tertiary/aromatic N) is 4. The molecule has 114 valence electrons. The van der Waals surface area contributed by atoms with Gasteiger partial charge in [0.05, 0.1) is 12.3 Å². The van der Waals surface area contributed by atoms with Gasteiger partial charge in [0.25, 0.3) is 0 Å². The van der Waals surface area contributed by atoms with Crippen LogP contribution in [-0.2, 0) is 6.61 Å². The Morgan fingerprint density at radius 2 is 2.14 bits per heavy atom. The topological polar surface area (TPSA) is 44.0 Å². The Labute approximate surface area is 125 Å². The second-order valence-electron chi connectivity index (χ2n) is 5.58. The second kappa shape index (κ2) is 6.03. The van der Waals surface area contributed by atoms with Gasteiger partial charge in [-0.25, -0.2) is 4.98 Å². The van der Waals surface area contributed by atoms with Crippen molar-refractivity contribution in [2.45, 2.75) is 32.9 Å². The quantitative estimate of drug-likeness (QED) is 0.910. The summed E-state index contributed by atoms with van der Waals surface area (Å²) >= 11 is 0. The number of likely N-dealkylation sites (N-methyl/N-ethyl adjacent to an activating group) is 1. The van der Waals surface area contributed by atoms with Crippen LogP contribution in [0, 0.1) is 0 Å². The van der Waals surface area contributed by atoms with Gasteiger partial charge in [-0.1, -0.05) is 19.9 Å². The summed E-state index contributed by atoms with van der Waals surface area (Å²) in [6.07, 6.45) is 3.13. The molecule has 21 heavy (non-hydrogen) atoms. The van der Waals surface area contributed by atoms with E-state index in [1.54, 1.807) is 0 Å². The Morgan fingerprint density at radius 1 is 1.33 bits per heavy atom. The maximum atomic E-state index is 9.74. The van der Waals surface area contributed by atoms with Gasteiger partial charge in [-0.2, -0.15) is 0 Å². The van der Waals surface area contributed by atoms with E-state index in [0.717, 1.165) is 43.3 Å². The van der Waals surface area contributed by atoms with Gasteiger partial charge in [0.1, 0.15) is 5.65 Å². The first-order valence-corrected chi connectivity index (χ1v) is 7.84. The van der Waals surface area contributed by atoms with Crippen molar-refractivity contribution in [1.29, 1.82) is 0 Å². The lowest BCUT2D eigenvalue weighted by Crippen LogP contribution is -2.37. The largest absolute Gasteiger partial charge is 0.390 e. The molecule has 0 bridgehead atoms. The molecule has 3 heterocycles. The average Bonchev–Trinajstić information content (AvgIpc) is 3.12. The Kier molecular flexibility index (Phi) is 4.12. The van der Waals surface area contributed by atoms with Crippen LogP contribution < -0.4 is 4.90 Å². The summed E-state index contributed by atoms with van der Waals surface area (Å²) in [6.45, 7) is 8.65. The Balaban J connectivity index is 1.88. The lowest BCUT2D eigenvalue weighted by atomic mass is 10.2. The van der Waals surface area contributed by atoms with Crippen molar-refractivity contribution in [3.63, 3.8) is 0 Å². The summed E-state index contributed by atoms with van der Waals surface area (Å²) in [5.74, 6) is 0.943. The van der Waals surface area contributed by atoms with Gasteiger partial charge in [-0.3, -0.25) is 9.30 Å². The second-order valence-corrected chi connectivity index (χ2v) is 5.58. The van der Waals surface area contributed by atoms with Crippen LogP contribution in [0.1, 0.15) is 26.0 Å². The summed E-state index contributed by atoms with van der Waals surface area (Å²) in [5.41, 5.74) is 1.80. The Bertz CT molecular complexity index is 605. The van der Waals surface area contributed by atoms with Crippen molar-refractivity contribution in [3.8, 4) is 0 Å². The third kappa shape index (κ3) is 2.51. The smallest absolute Gasteiger partial charge is 0.153 e. The van der Waals surface area contributed by atoms with Gasteiger partial charge in [0, 0.05) is 25.3 Å². The number of aliphatic hydroxyl groups is 1. The SMILES string of the molecule is CCN(CC)C1CCN(c2nc3ccccn3c2CO)C1. The fourth-order valence-corrected chi connectivity index (χ4v) is 3.41. The average molecular weight is 288 g/mol. The number of imidazole rings is 1. The zero-order valence-electron chi connectivity index (χ0n) is 12.9. The highest BCUT2D eigenvalue weighted by molar-refractivity contribution is 5.56. The van der Waals surface area contributed by atoms with Crippen LogP contribution >= 0.6 is 0 Å². The minimum atomic E-state index is 0.0208. The molecule has 5 heteroatoms. The third-order valence-corrected chi connectivity index (χ3v) is 4.55. The maximum Gasteiger partial charge on any atom is 0.153 e. The lowest BCUT2D eigenvalue weighted by Gasteiger charge is -2.26. The molecule has 1 N–H and O–H groups in total. The Morgan fingerprint density at radius 3 is 2.86 bits per heavy atom. The van der Waals surface area contributed by atoms with Crippen molar-refractivity contribution < 1.29 is 5.11 Å². The molecule has 5 nitrogen and oxygen atoms in total. The number of hydrogen-bond donors (Lipinski definition) is 1. The first-order chi connectivity index (χ1) is 10.3. The number of hydrogen-bond acceptors (Lipinski definition) is 4. The molecule has 2 aromatic heterocycles. The van der Waals surface area contributed by atoms with Crippen LogP contribution in [0.25, 0.3) is 5.65 Å². The summed E-state index contributed by atoms with van der Waals surface area (Å²) < 4.78 is 1.99. The molecule has 0 radical (unpaired) electrons. The first kappa shape index (κ1) is 14.4. The molecule has 1 saturated heterocycles. The first-order valence-electron chi connectivity index (χ1n) is 7.84. The highest BCUT2D eigenvalue weighted by Gasteiger charge is 2.29. The van der Waals surface area contributed by atoms with E-state index in [2.05, 4.69) is 23.6 Å². The number of fused-ring (bicyclic) bond motifs is 1. The number of pyridine rings is 1. The molecule has 1 aliphatic rings. The minimum absolute atomic E-state index is 0.0208. The zero-order chi connectivity index (χ0) is 14.8. The van der Waals surface area contributed by atoms with Crippen LogP contribution in [0.3, 0.4) is 0 Å². The highest BCUT2D eigenvalue weighted by Crippen LogP contribution is 2.27. The van der Waals surface area contributed by atoms with Crippen molar-refractivity contribution in [2.75, 3.05) is 31.1 Å². The lowest BCUT2D eigenvalue weighted by molar-refractivity contribution is 0.232. The molecule has 0 aliphatic carbocycles. The molecule has 0 aromatic carbocycles. The van der Waals surface area contributed by atoms with Crippen LogP contribution in [-0.4, -0.2) is 51.6 Å². The molecule has 0 saturated carbocycles. The molecule has 0 spiro atoms. The molecule has 0 amide bonds. The molecule has 1 fully saturated rings. The van der Waals surface area contributed by atoms with Crippen LogP contribution in [0.15, 0.2) is 24.4 Å². The fourth-order valence-electron chi connectivity index (χ4n) is 3.41. The van der Waals surface area contributed by atoms with Gasteiger partial charge in [-0.15, -0.1) is 0 Å². The summed E-state index contributed by atoms with van der Waals surface area (Å²) in [6, 6.07) is 6.54. The van der Waals surface area contributed by atoms with Crippen molar-refractivity contribution in [3.05, 3.63) is 30.1 Å².